The molecule has 3 heteroatoms. The third kappa shape index (κ3) is 3.36. The van der Waals surface area contributed by atoms with Crippen molar-refractivity contribution in [3.8, 4) is 0 Å². The number of hydrogen-bond acceptors (Lipinski definition) is 3. The first-order valence-electron chi connectivity index (χ1n) is 7.08. The van der Waals surface area contributed by atoms with Gasteiger partial charge in [0.2, 0.25) is 0 Å². The van der Waals surface area contributed by atoms with Crippen molar-refractivity contribution < 1.29 is 0 Å². The van der Waals surface area contributed by atoms with E-state index in [-0.39, 0.29) is 6.04 Å². The molecule has 0 saturated heterocycles. The fourth-order valence-corrected chi connectivity index (χ4v) is 2.34. The van der Waals surface area contributed by atoms with Gasteiger partial charge in [0.25, 0.3) is 0 Å². The molecule has 0 radical (unpaired) electrons. The van der Waals surface area contributed by atoms with Crippen molar-refractivity contribution >= 4 is 5.82 Å². The van der Waals surface area contributed by atoms with Crippen molar-refractivity contribution in [2.45, 2.75) is 32.2 Å². The first kappa shape index (κ1) is 14.5. The summed E-state index contributed by atoms with van der Waals surface area (Å²) in [5.41, 5.74) is 9.65. The molecule has 0 aliphatic heterocycles. The van der Waals surface area contributed by atoms with Crippen LogP contribution in [0.25, 0.3) is 0 Å². The van der Waals surface area contributed by atoms with E-state index in [0.29, 0.717) is 11.7 Å². The van der Waals surface area contributed by atoms with E-state index in [1.165, 1.54) is 11.1 Å². The lowest BCUT2D eigenvalue weighted by Crippen LogP contribution is -2.19. The molecule has 3 nitrogen and oxygen atoms in total. The molecule has 106 valence electrons. The first-order chi connectivity index (χ1) is 9.61. The van der Waals surface area contributed by atoms with E-state index in [1.54, 1.807) is 6.20 Å². The highest BCUT2D eigenvalue weighted by Crippen LogP contribution is 2.22. The number of likely N-dealkylation sites (N-methyl/N-ethyl adjacent to an activating group) is 1. The smallest absolute Gasteiger partial charge is 0.126 e. The molecule has 0 amide bonds. The average Bonchev–Trinajstić information content (AvgIpc) is 2.46. The lowest BCUT2D eigenvalue weighted by Gasteiger charge is -2.18. The van der Waals surface area contributed by atoms with Crippen molar-refractivity contribution in [2.24, 2.45) is 0 Å². The third-order valence-corrected chi connectivity index (χ3v) is 3.70. The number of pyridine rings is 1. The van der Waals surface area contributed by atoms with Gasteiger partial charge < -0.3 is 11.1 Å². The molecule has 3 N–H and O–H groups in total. The van der Waals surface area contributed by atoms with Gasteiger partial charge in [-0.15, -0.1) is 0 Å². The van der Waals surface area contributed by atoms with E-state index in [1.807, 2.05) is 19.2 Å². The van der Waals surface area contributed by atoms with Crippen molar-refractivity contribution in [2.75, 3.05) is 12.8 Å². The Balaban J connectivity index is 2.18. The number of aromatic nitrogens is 1. The zero-order valence-electron chi connectivity index (χ0n) is 12.4. The summed E-state index contributed by atoms with van der Waals surface area (Å²) in [6.45, 7) is 4.42. The lowest BCUT2D eigenvalue weighted by atomic mass is 9.96. The molecule has 1 atom stereocenters. The zero-order chi connectivity index (χ0) is 14.5. The number of benzene rings is 1. The maximum atomic E-state index is 5.93. The Morgan fingerprint density at radius 1 is 1.10 bits per heavy atom. The van der Waals surface area contributed by atoms with Gasteiger partial charge in [-0.1, -0.05) is 44.2 Å². The number of nitrogen functional groups attached to an aromatic ring is 1. The number of nitrogens with zero attached hydrogens (tertiary/aromatic N) is 1. The molecular weight excluding hydrogens is 246 g/mol. The molecular formula is C17H23N3. The van der Waals surface area contributed by atoms with E-state index >= 15 is 0 Å². The summed E-state index contributed by atoms with van der Waals surface area (Å²) in [4.78, 5) is 4.15. The predicted molar refractivity (Wildman–Crippen MR) is 84.7 cm³/mol. The first-order valence-corrected chi connectivity index (χ1v) is 7.08. The third-order valence-electron chi connectivity index (χ3n) is 3.70. The molecule has 20 heavy (non-hydrogen) atoms. The molecule has 2 aromatic rings. The number of nitrogens with two attached hydrogens (primary N) is 1. The average molecular weight is 269 g/mol. The second-order valence-corrected chi connectivity index (χ2v) is 5.41. The number of nitrogens with one attached hydrogen (secondary N) is 1. The van der Waals surface area contributed by atoms with Crippen LogP contribution in [0.1, 0.15) is 42.5 Å². The van der Waals surface area contributed by atoms with E-state index in [2.05, 4.69) is 48.4 Å². The van der Waals surface area contributed by atoms with Gasteiger partial charge >= 0.3 is 0 Å². The minimum atomic E-state index is 0.253. The van der Waals surface area contributed by atoms with Gasteiger partial charge in [-0.3, -0.25) is 0 Å². The van der Waals surface area contributed by atoms with Gasteiger partial charge in [-0.25, -0.2) is 4.98 Å². The molecule has 0 spiro atoms. The predicted octanol–water partition coefficient (Wildman–Crippen LogP) is 3.29. The highest BCUT2D eigenvalue weighted by molar-refractivity contribution is 5.40. The Bertz CT molecular complexity index is 546. The fraction of sp³-hybridized carbons (Fsp3) is 0.353. The van der Waals surface area contributed by atoms with E-state index in [4.69, 9.17) is 5.73 Å². The summed E-state index contributed by atoms with van der Waals surface area (Å²) in [5, 5.41) is 3.36. The van der Waals surface area contributed by atoms with Crippen LogP contribution in [-0.4, -0.2) is 12.0 Å². The topological polar surface area (TPSA) is 50.9 Å². The number of hydrogen-bond donors (Lipinski definition) is 2. The molecule has 0 bridgehead atoms. The molecule has 0 fully saturated rings. The van der Waals surface area contributed by atoms with Gasteiger partial charge in [0.1, 0.15) is 5.82 Å². The summed E-state index contributed by atoms with van der Waals surface area (Å²) >= 11 is 0. The molecule has 1 heterocycles. The maximum absolute atomic E-state index is 5.93. The Morgan fingerprint density at radius 3 is 2.30 bits per heavy atom. The van der Waals surface area contributed by atoms with Crippen LogP contribution in [0.3, 0.4) is 0 Å². The molecule has 1 unspecified atom stereocenters. The molecule has 1 aromatic heterocycles. The van der Waals surface area contributed by atoms with E-state index in [0.717, 1.165) is 12.0 Å². The second-order valence-electron chi connectivity index (χ2n) is 5.41. The van der Waals surface area contributed by atoms with Crippen LogP contribution in [0.2, 0.25) is 0 Å². The molecule has 1 aromatic carbocycles. The molecule has 2 rings (SSSR count). The zero-order valence-corrected chi connectivity index (χ0v) is 12.4. The second kappa shape index (κ2) is 6.53. The molecule has 0 aliphatic carbocycles. The standard InChI is InChI=1S/C17H23N3/c1-12(2)13-6-8-14(9-7-13)16(19-3)11-15-5-4-10-20-17(15)18/h4-10,12,16,19H,11H2,1-3H3,(H2,18,20). The Labute approximate surface area is 121 Å². The van der Waals surface area contributed by atoms with Crippen LogP contribution in [0, 0.1) is 0 Å². The quantitative estimate of drug-likeness (QED) is 0.875. The van der Waals surface area contributed by atoms with Gasteiger partial charge in [0.15, 0.2) is 0 Å². The van der Waals surface area contributed by atoms with Crippen molar-refractivity contribution in [1.29, 1.82) is 0 Å². The number of anilines is 1. The Hall–Kier alpha value is -1.87. The van der Waals surface area contributed by atoms with Crippen LogP contribution in [0.4, 0.5) is 5.82 Å². The van der Waals surface area contributed by atoms with Gasteiger partial charge in [-0.05, 0) is 42.1 Å². The summed E-state index contributed by atoms with van der Waals surface area (Å²) in [6.07, 6.45) is 2.57. The normalized spacial score (nSPS) is 12.6. The van der Waals surface area contributed by atoms with Crippen LogP contribution in [0.5, 0.6) is 0 Å². The van der Waals surface area contributed by atoms with Gasteiger partial charge in [0, 0.05) is 12.2 Å². The van der Waals surface area contributed by atoms with Gasteiger partial charge in [-0.2, -0.15) is 0 Å². The summed E-state index contributed by atoms with van der Waals surface area (Å²) in [5.74, 6) is 1.18. The molecule has 0 saturated carbocycles. The highest BCUT2D eigenvalue weighted by Gasteiger charge is 2.12. The Kier molecular flexibility index (Phi) is 4.74. The largest absolute Gasteiger partial charge is 0.383 e. The fourth-order valence-electron chi connectivity index (χ4n) is 2.34. The van der Waals surface area contributed by atoms with Crippen LogP contribution < -0.4 is 11.1 Å². The SMILES string of the molecule is CNC(Cc1cccnc1N)c1ccc(C(C)C)cc1. The minimum absolute atomic E-state index is 0.253. The van der Waals surface area contributed by atoms with Crippen LogP contribution >= 0.6 is 0 Å². The maximum Gasteiger partial charge on any atom is 0.126 e. The lowest BCUT2D eigenvalue weighted by molar-refractivity contribution is 0.591. The van der Waals surface area contributed by atoms with E-state index < -0.39 is 0 Å². The number of rotatable bonds is 5. The van der Waals surface area contributed by atoms with Gasteiger partial charge in [0.05, 0.1) is 0 Å². The van der Waals surface area contributed by atoms with Crippen LogP contribution in [-0.2, 0) is 6.42 Å². The Morgan fingerprint density at radius 2 is 1.75 bits per heavy atom. The summed E-state index contributed by atoms with van der Waals surface area (Å²) in [7, 11) is 1.98. The van der Waals surface area contributed by atoms with Crippen molar-refractivity contribution in [3.05, 3.63) is 59.3 Å². The van der Waals surface area contributed by atoms with Crippen LogP contribution in [0.15, 0.2) is 42.6 Å². The monoisotopic (exact) mass is 269 g/mol. The van der Waals surface area contributed by atoms with E-state index in [9.17, 15) is 0 Å². The van der Waals surface area contributed by atoms with Crippen molar-refractivity contribution in [3.63, 3.8) is 0 Å². The minimum Gasteiger partial charge on any atom is -0.383 e. The summed E-state index contributed by atoms with van der Waals surface area (Å²) in [6, 6.07) is 13.0. The highest BCUT2D eigenvalue weighted by atomic mass is 14.9. The van der Waals surface area contributed by atoms with Crippen molar-refractivity contribution in [1.82, 2.24) is 10.3 Å². The summed E-state index contributed by atoms with van der Waals surface area (Å²) < 4.78 is 0. The molecule has 0 aliphatic rings.